The van der Waals surface area contributed by atoms with Gasteiger partial charge in [0.15, 0.2) is 5.13 Å². The molecule has 1 aliphatic carbocycles. The van der Waals surface area contributed by atoms with Gasteiger partial charge in [0.1, 0.15) is 0 Å². The van der Waals surface area contributed by atoms with Gasteiger partial charge in [-0.3, -0.25) is 0 Å². The van der Waals surface area contributed by atoms with Crippen molar-refractivity contribution in [2.24, 2.45) is 5.41 Å². The summed E-state index contributed by atoms with van der Waals surface area (Å²) in [7, 11) is 3.78. The van der Waals surface area contributed by atoms with Crippen LogP contribution in [0.25, 0.3) is 0 Å². The standard InChI is InChI=1S/C14H24N2O2S/c1-14(2)8-10-12(11(17)9-14)19-13(15-10)16(3)6-5-7-18-4/h11,17H,5-9H2,1-4H3. The van der Waals surface area contributed by atoms with Crippen LogP contribution in [0.4, 0.5) is 5.13 Å². The molecule has 0 amide bonds. The lowest BCUT2D eigenvalue weighted by Crippen LogP contribution is -2.24. The molecule has 1 aromatic rings. The Morgan fingerprint density at radius 2 is 2.26 bits per heavy atom. The second-order valence-electron chi connectivity index (χ2n) is 6.14. The van der Waals surface area contributed by atoms with E-state index >= 15 is 0 Å². The summed E-state index contributed by atoms with van der Waals surface area (Å²) >= 11 is 1.63. The summed E-state index contributed by atoms with van der Waals surface area (Å²) in [6.07, 6.45) is 2.43. The van der Waals surface area contributed by atoms with Gasteiger partial charge in [-0.2, -0.15) is 0 Å². The molecule has 0 radical (unpaired) electrons. The van der Waals surface area contributed by atoms with E-state index in [9.17, 15) is 5.11 Å². The van der Waals surface area contributed by atoms with E-state index in [4.69, 9.17) is 9.72 Å². The van der Waals surface area contributed by atoms with Gasteiger partial charge in [0.05, 0.1) is 16.7 Å². The summed E-state index contributed by atoms with van der Waals surface area (Å²) in [6, 6.07) is 0. The Morgan fingerprint density at radius 3 is 2.95 bits per heavy atom. The number of fused-ring (bicyclic) bond motifs is 1. The molecule has 1 aromatic heterocycles. The van der Waals surface area contributed by atoms with Gasteiger partial charge in [-0.25, -0.2) is 4.98 Å². The molecule has 108 valence electrons. The molecule has 19 heavy (non-hydrogen) atoms. The van der Waals surface area contributed by atoms with Gasteiger partial charge >= 0.3 is 0 Å². The fourth-order valence-electron chi connectivity index (χ4n) is 2.58. The van der Waals surface area contributed by atoms with Crippen molar-refractivity contribution in [2.75, 3.05) is 32.2 Å². The predicted octanol–water partition coefficient (Wildman–Crippen LogP) is 2.62. The molecule has 1 heterocycles. The van der Waals surface area contributed by atoms with Crippen LogP contribution in [0.3, 0.4) is 0 Å². The first kappa shape index (κ1) is 14.8. The van der Waals surface area contributed by atoms with E-state index in [0.29, 0.717) is 0 Å². The molecule has 4 nitrogen and oxygen atoms in total. The molecule has 1 N–H and O–H groups in total. The van der Waals surface area contributed by atoms with Crippen molar-refractivity contribution >= 4 is 16.5 Å². The number of hydrogen-bond donors (Lipinski definition) is 1. The van der Waals surface area contributed by atoms with Gasteiger partial charge in [0.25, 0.3) is 0 Å². The van der Waals surface area contributed by atoms with Crippen molar-refractivity contribution in [2.45, 2.75) is 39.2 Å². The van der Waals surface area contributed by atoms with E-state index < -0.39 is 0 Å². The van der Waals surface area contributed by atoms with Crippen LogP contribution in [0, 0.1) is 5.41 Å². The van der Waals surface area contributed by atoms with Gasteiger partial charge in [-0.05, 0) is 24.7 Å². The molecule has 0 spiro atoms. The summed E-state index contributed by atoms with van der Waals surface area (Å²) in [5, 5.41) is 11.3. The van der Waals surface area contributed by atoms with Crippen LogP contribution in [0.1, 0.15) is 43.4 Å². The molecular formula is C14H24N2O2S. The van der Waals surface area contributed by atoms with E-state index in [2.05, 4.69) is 25.8 Å². The lowest BCUT2D eigenvalue weighted by atomic mass is 9.77. The number of aromatic nitrogens is 1. The first-order valence-electron chi connectivity index (χ1n) is 6.81. The lowest BCUT2D eigenvalue weighted by Gasteiger charge is -2.31. The highest BCUT2D eigenvalue weighted by atomic mass is 32.1. The minimum atomic E-state index is -0.350. The number of anilines is 1. The largest absolute Gasteiger partial charge is 0.387 e. The highest BCUT2D eigenvalue weighted by Crippen LogP contribution is 2.44. The second kappa shape index (κ2) is 5.77. The van der Waals surface area contributed by atoms with Crippen LogP contribution in [-0.2, 0) is 11.2 Å². The second-order valence-corrected chi connectivity index (χ2v) is 7.15. The quantitative estimate of drug-likeness (QED) is 0.844. The third-order valence-corrected chi connectivity index (χ3v) is 4.89. The number of nitrogens with zero attached hydrogens (tertiary/aromatic N) is 2. The molecule has 1 atom stereocenters. The molecule has 0 saturated carbocycles. The molecule has 0 saturated heterocycles. The molecule has 5 heteroatoms. The number of hydrogen-bond acceptors (Lipinski definition) is 5. The first-order chi connectivity index (χ1) is 8.93. The first-order valence-corrected chi connectivity index (χ1v) is 7.62. The van der Waals surface area contributed by atoms with Crippen molar-refractivity contribution < 1.29 is 9.84 Å². The average Bonchev–Trinajstić information content (AvgIpc) is 2.71. The maximum Gasteiger partial charge on any atom is 0.185 e. The van der Waals surface area contributed by atoms with Gasteiger partial charge in [-0.1, -0.05) is 25.2 Å². The minimum Gasteiger partial charge on any atom is -0.387 e. The van der Waals surface area contributed by atoms with Crippen molar-refractivity contribution in [1.29, 1.82) is 0 Å². The highest BCUT2D eigenvalue weighted by molar-refractivity contribution is 7.15. The van der Waals surface area contributed by atoms with Gasteiger partial charge in [0.2, 0.25) is 0 Å². The summed E-state index contributed by atoms with van der Waals surface area (Å²) in [4.78, 5) is 7.94. The third-order valence-electron chi connectivity index (χ3n) is 3.58. The van der Waals surface area contributed by atoms with Crippen LogP contribution in [0.5, 0.6) is 0 Å². The minimum absolute atomic E-state index is 0.145. The molecule has 2 rings (SSSR count). The number of ether oxygens (including phenoxy) is 1. The predicted molar refractivity (Wildman–Crippen MR) is 78.9 cm³/mol. The number of methoxy groups -OCH3 is 1. The Labute approximate surface area is 119 Å². The highest BCUT2D eigenvalue weighted by Gasteiger charge is 2.34. The lowest BCUT2D eigenvalue weighted by molar-refractivity contribution is 0.102. The van der Waals surface area contributed by atoms with Gasteiger partial charge < -0.3 is 14.7 Å². The zero-order valence-corrected chi connectivity index (χ0v) is 13.1. The fourth-order valence-corrected chi connectivity index (χ4v) is 3.64. The summed E-state index contributed by atoms with van der Waals surface area (Å²) < 4.78 is 5.07. The Hall–Kier alpha value is -0.650. The van der Waals surface area contributed by atoms with E-state index in [-0.39, 0.29) is 11.5 Å². The fraction of sp³-hybridized carbons (Fsp3) is 0.786. The van der Waals surface area contributed by atoms with Crippen LogP contribution in [0.2, 0.25) is 0 Å². The Bertz CT molecular complexity index is 431. The smallest absolute Gasteiger partial charge is 0.185 e. The SMILES string of the molecule is COCCCN(C)c1nc2c(s1)C(O)CC(C)(C)C2. The Balaban J connectivity index is 2.09. The number of thiazole rings is 1. The molecular weight excluding hydrogens is 260 g/mol. The molecule has 0 aromatic carbocycles. The van der Waals surface area contributed by atoms with Crippen LogP contribution < -0.4 is 4.90 Å². The number of aliphatic hydroxyl groups is 1. The Kier molecular flexibility index (Phi) is 4.48. The van der Waals surface area contributed by atoms with E-state index in [1.807, 2.05) is 0 Å². The van der Waals surface area contributed by atoms with Crippen LogP contribution in [0.15, 0.2) is 0 Å². The maximum atomic E-state index is 10.2. The van der Waals surface area contributed by atoms with Crippen LogP contribution >= 0.6 is 11.3 Å². The Morgan fingerprint density at radius 1 is 1.53 bits per heavy atom. The van der Waals surface area contributed by atoms with E-state index in [1.54, 1.807) is 18.4 Å². The summed E-state index contributed by atoms with van der Waals surface area (Å²) in [5.41, 5.74) is 1.23. The van der Waals surface area contributed by atoms with Crippen LogP contribution in [-0.4, -0.2) is 37.4 Å². The zero-order chi connectivity index (χ0) is 14.0. The molecule has 0 aliphatic heterocycles. The number of rotatable bonds is 5. The number of aliphatic hydroxyl groups excluding tert-OH is 1. The van der Waals surface area contributed by atoms with Crippen molar-refractivity contribution in [3.8, 4) is 0 Å². The summed E-state index contributed by atoms with van der Waals surface area (Å²) in [6.45, 7) is 6.09. The molecule has 1 aliphatic rings. The summed E-state index contributed by atoms with van der Waals surface area (Å²) in [5.74, 6) is 0. The van der Waals surface area contributed by atoms with E-state index in [1.165, 1.54) is 0 Å². The van der Waals surface area contributed by atoms with Crippen molar-refractivity contribution in [1.82, 2.24) is 4.98 Å². The third kappa shape index (κ3) is 3.46. The zero-order valence-electron chi connectivity index (χ0n) is 12.3. The topological polar surface area (TPSA) is 45.6 Å². The van der Waals surface area contributed by atoms with Gasteiger partial charge in [0, 0.05) is 27.3 Å². The van der Waals surface area contributed by atoms with Crippen molar-refractivity contribution in [3.05, 3.63) is 10.6 Å². The van der Waals surface area contributed by atoms with Gasteiger partial charge in [-0.15, -0.1) is 0 Å². The maximum absolute atomic E-state index is 10.2. The molecule has 0 fully saturated rings. The molecule has 1 unspecified atom stereocenters. The van der Waals surface area contributed by atoms with Crippen molar-refractivity contribution in [3.63, 3.8) is 0 Å². The normalized spacial score (nSPS) is 21.2. The average molecular weight is 284 g/mol. The monoisotopic (exact) mass is 284 g/mol. The molecule has 0 bridgehead atoms. The van der Waals surface area contributed by atoms with E-state index in [0.717, 1.165) is 48.1 Å².